The first-order valence-corrected chi connectivity index (χ1v) is 8.36. The van der Waals surface area contributed by atoms with Crippen LogP contribution in [0.5, 0.6) is 0 Å². The van der Waals surface area contributed by atoms with Crippen molar-refractivity contribution in [1.82, 2.24) is 15.1 Å². The molecule has 1 amide bonds. The van der Waals surface area contributed by atoms with E-state index in [2.05, 4.69) is 10.2 Å². The molecule has 0 unspecified atom stereocenters. The zero-order chi connectivity index (χ0) is 16.2. The number of nitrogens with zero attached hydrogens (tertiary/aromatic N) is 3. The molecule has 1 aromatic heterocycles. The minimum Gasteiger partial charge on any atom is -0.418 e. The maximum Gasteiger partial charge on any atom is 0.247 e. The van der Waals surface area contributed by atoms with Gasteiger partial charge >= 0.3 is 0 Å². The molecule has 0 radical (unpaired) electrons. The highest BCUT2D eigenvalue weighted by Gasteiger charge is 2.31. The van der Waals surface area contributed by atoms with Gasteiger partial charge in [0.05, 0.1) is 0 Å². The molecule has 1 atom stereocenters. The Hall–Kier alpha value is -2.17. The molecule has 0 spiro atoms. The lowest BCUT2D eigenvalue weighted by Gasteiger charge is -2.29. The lowest BCUT2D eigenvalue weighted by molar-refractivity contribution is -0.137. The maximum absolute atomic E-state index is 12.5. The third-order valence-electron chi connectivity index (χ3n) is 4.28. The number of rotatable bonds is 3. The maximum atomic E-state index is 12.5. The Morgan fingerprint density at radius 2 is 1.96 bits per heavy atom. The van der Waals surface area contributed by atoms with Crippen molar-refractivity contribution in [3.8, 4) is 11.5 Å². The Morgan fingerprint density at radius 1 is 1.17 bits per heavy atom. The lowest BCUT2D eigenvalue weighted by atomic mass is 10.1. The number of likely N-dealkylation sites (tertiary alicyclic amines) is 1. The predicted molar refractivity (Wildman–Crippen MR) is 87.5 cm³/mol. The van der Waals surface area contributed by atoms with E-state index in [4.69, 9.17) is 4.42 Å². The first kappa shape index (κ1) is 15.7. The highest BCUT2D eigenvalue weighted by Crippen LogP contribution is 2.32. The van der Waals surface area contributed by atoms with Crippen LogP contribution in [0.4, 0.5) is 0 Å². The van der Waals surface area contributed by atoms with Crippen molar-refractivity contribution in [2.24, 2.45) is 5.92 Å². The molecule has 2 aromatic rings. The Bertz CT molecular complexity index is 651. The van der Waals surface area contributed by atoms with Gasteiger partial charge in [0.15, 0.2) is 0 Å². The van der Waals surface area contributed by atoms with Crippen molar-refractivity contribution in [3.05, 3.63) is 36.2 Å². The van der Waals surface area contributed by atoms with Crippen molar-refractivity contribution in [1.29, 1.82) is 0 Å². The van der Waals surface area contributed by atoms with Crippen molar-refractivity contribution < 1.29 is 9.21 Å². The fourth-order valence-electron chi connectivity index (χ4n) is 3.03. The third kappa shape index (κ3) is 3.44. The molecule has 1 aliphatic heterocycles. The summed E-state index contributed by atoms with van der Waals surface area (Å²) in [5, 5.41) is 8.42. The summed E-state index contributed by atoms with van der Waals surface area (Å²) < 4.78 is 5.91. The number of hydrogen-bond donors (Lipinski definition) is 0. The average Bonchev–Trinajstić information content (AvgIpc) is 2.93. The van der Waals surface area contributed by atoms with E-state index in [1.807, 2.05) is 49.1 Å². The summed E-state index contributed by atoms with van der Waals surface area (Å²) in [6.07, 6.45) is 4.14. The molecule has 0 N–H and O–H groups in total. The summed E-state index contributed by atoms with van der Waals surface area (Å²) in [5.74, 6) is 1.21. The molecule has 3 rings (SSSR count). The van der Waals surface area contributed by atoms with Gasteiger partial charge in [0.25, 0.3) is 0 Å². The second kappa shape index (κ2) is 6.94. The normalized spacial score (nSPS) is 18.9. The Balaban J connectivity index is 1.88. The zero-order valence-corrected chi connectivity index (χ0v) is 13.7. The van der Waals surface area contributed by atoms with Crippen LogP contribution in [0, 0.1) is 5.92 Å². The van der Waals surface area contributed by atoms with Gasteiger partial charge in [-0.25, -0.2) is 0 Å². The summed E-state index contributed by atoms with van der Waals surface area (Å²) >= 11 is 0. The summed E-state index contributed by atoms with van der Waals surface area (Å²) in [6, 6.07) is 9.63. The summed E-state index contributed by atoms with van der Waals surface area (Å²) in [6.45, 7) is 4.64. The summed E-state index contributed by atoms with van der Waals surface area (Å²) in [7, 11) is 0. The van der Waals surface area contributed by atoms with Crippen LogP contribution < -0.4 is 0 Å². The first-order chi connectivity index (χ1) is 11.2. The van der Waals surface area contributed by atoms with Crippen molar-refractivity contribution in [2.75, 3.05) is 6.54 Å². The SMILES string of the molecule is CC(C)C(=O)N1CCCCC[C@H]1c1nnc(-c2ccccc2)o1. The second-order valence-corrected chi connectivity index (χ2v) is 6.36. The van der Waals surface area contributed by atoms with E-state index in [0.29, 0.717) is 11.8 Å². The highest BCUT2D eigenvalue weighted by atomic mass is 16.4. The Kier molecular flexibility index (Phi) is 4.74. The minimum absolute atomic E-state index is 0.0212. The van der Waals surface area contributed by atoms with Crippen LogP contribution in [0.3, 0.4) is 0 Å². The van der Waals surface area contributed by atoms with Crippen LogP contribution in [0.25, 0.3) is 11.5 Å². The average molecular weight is 313 g/mol. The van der Waals surface area contributed by atoms with Crippen LogP contribution in [0.15, 0.2) is 34.7 Å². The van der Waals surface area contributed by atoms with Crippen LogP contribution in [0.2, 0.25) is 0 Å². The Morgan fingerprint density at radius 3 is 2.70 bits per heavy atom. The van der Waals surface area contributed by atoms with Gasteiger partial charge in [-0.2, -0.15) is 0 Å². The van der Waals surface area contributed by atoms with E-state index >= 15 is 0 Å². The standard InChI is InChI=1S/C18H23N3O2/c1-13(2)18(22)21-12-8-4-7-11-15(21)17-20-19-16(23-17)14-9-5-3-6-10-14/h3,5-6,9-10,13,15H,4,7-8,11-12H2,1-2H3/t15-/m0/s1. The smallest absolute Gasteiger partial charge is 0.247 e. The second-order valence-electron chi connectivity index (χ2n) is 6.36. The monoisotopic (exact) mass is 313 g/mol. The van der Waals surface area contributed by atoms with E-state index in [1.165, 1.54) is 0 Å². The molecule has 1 aromatic carbocycles. The number of benzene rings is 1. The lowest BCUT2D eigenvalue weighted by Crippen LogP contribution is -2.37. The quantitative estimate of drug-likeness (QED) is 0.864. The molecule has 122 valence electrons. The molecular weight excluding hydrogens is 290 g/mol. The molecule has 0 aliphatic carbocycles. The van der Waals surface area contributed by atoms with E-state index in [-0.39, 0.29) is 17.9 Å². The van der Waals surface area contributed by atoms with Gasteiger partial charge in [0.2, 0.25) is 17.7 Å². The van der Waals surface area contributed by atoms with Crippen LogP contribution >= 0.6 is 0 Å². The Labute approximate surface area is 136 Å². The topological polar surface area (TPSA) is 59.2 Å². The summed E-state index contributed by atoms with van der Waals surface area (Å²) in [5.41, 5.74) is 0.904. The van der Waals surface area contributed by atoms with Crippen molar-refractivity contribution in [2.45, 2.75) is 45.6 Å². The third-order valence-corrected chi connectivity index (χ3v) is 4.28. The van der Waals surface area contributed by atoms with Gasteiger partial charge in [-0.1, -0.05) is 44.9 Å². The first-order valence-electron chi connectivity index (χ1n) is 8.36. The van der Waals surface area contributed by atoms with E-state index in [0.717, 1.165) is 37.8 Å². The predicted octanol–water partition coefficient (Wildman–Crippen LogP) is 3.84. The van der Waals surface area contributed by atoms with Crippen LogP contribution in [-0.4, -0.2) is 27.5 Å². The van der Waals surface area contributed by atoms with Gasteiger partial charge in [-0.15, -0.1) is 10.2 Å². The number of carbonyl (C=O) groups is 1. The van der Waals surface area contributed by atoms with Gasteiger partial charge in [0, 0.05) is 18.0 Å². The molecule has 5 nitrogen and oxygen atoms in total. The molecular formula is C18H23N3O2. The van der Waals surface area contributed by atoms with Gasteiger partial charge in [-0.3, -0.25) is 4.79 Å². The highest BCUT2D eigenvalue weighted by molar-refractivity contribution is 5.78. The van der Waals surface area contributed by atoms with Crippen molar-refractivity contribution >= 4 is 5.91 Å². The molecule has 2 heterocycles. The van der Waals surface area contributed by atoms with Gasteiger partial charge in [0.1, 0.15) is 6.04 Å². The van der Waals surface area contributed by atoms with E-state index in [1.54, 1.807) is 0 Å². The molecule has 1 saturated heterocycles. The fourth-order valence-corrected chi connectivity index (χ4v) is 3.03. The minimum atomic E-state index is -0.0997. The number of aromatic nitrogens is 2. The van der Waals surface area contributed by atoms with E-state index in [9.17, 15) is 4.79 Å². The number of hydrogen-bond acceptors (Lipinski definition) is 4. The molecule has 1 aliphatic rings. The number of amides is 1. The molecule has 0 bridgehead atoms. The van der Waals surface area contributed by atoms with Crippen molar-refractivity contribution in [3.63, 3.8) is 0 Å². The van der Waals surface area contributed by atoms with Gasteiger partial charge in [-0.05, 0) is 25.0 Å². The van der Waals surface area contributed by atoms with E-state index < -0.39 is 0 Å². The zero-order valence-electron chi connectivity index (χ0n) is 13.7. The van der Waals surface area contributed by atoms with Crippen LogP contribution in [0.1, 0.15) is 51.5 Å². The largest absolute Gasteiger partial charge is 0.418 e. The molecule has 1 fully saturated rings. The fraction of sp³-hybridized carbons (Fsp3) is 0.500. The van der Waals surface area contributed by atoms with Crippen LogP contribution in [-0.2, 0) is 4.79 Å². The van der Waals surface area contributed by atoms with Gasteiger partial charge < -0.3 is 9.32 Å². The number of carbonyl (C=O) groups excluding carboxylic acids is 1. The molecule has 5 heteroatoms. The summed E-state index contributed by atoms with van der Waals surface area (Å²) in [4.78, 5) is 14.5. The molecule has 23 heavy (non-hydrogen) atoms. The molecule has 0 saturated carbocycles.